The molecule has 2 rings (SSSR count). The maximum Gasteiger partial charge on any atom is 0.220 e. The van der Waals surface area contributed by atoms with Gasteiger partial charge in [-0.15, -0.1) is 0 Å². The minimum absolute atomic E-state index is 0.257. The first-order valence-electron chi connectivity index (χ1n) is 32.6. The second-order valence-corrected chi connectivity index (χ2v) is 22.5. The van der Waals surface area contributed by atoms with Crippen LogP contribution in [0.15, 0.2) is 109 Å². The zero-order valence-electron chi connectivity index (χ0n) is 51.4. The predicted octanol–water partition coefficient (Wildman–Crippen LogP) is 12.4. The van der Waals surface area contributed by atoms with Crippen molar-refractivity contribution in [2.75, 3.05) is 19.8 Å². The molecule has 0 aromatic heterocycles. The Labute approximate surface area is 502 Å². The van der Waals surface area contributed by atoms with E-state index in [2.05, 4.69) is 116 Å². The fourth-order valence-electron chi connectivity index (χ4n) is 9.96. The van der Waals surface area contributed by atoms with E-state index in [-0.39, 0.29) is 18.9 Å². The summed E-state index contributed by atoms with van der Waals surface area (Å²) in [6, 6.07) is -0.941. The van der Waals surface area contributed by atoms with Gasteiger partial charge in [0.05, 0.1) is 32.0 Å². The minimum atomic E-state index is -1.80. The van der Waals surface area contributed by atoms with Crippen molar-refractivity contribution in [2.45, 2.75) is 299 Å². The van der Waals surface area contributed by atoms with Crippen LogP contribution < -0.4 is 5.32 Å². The van der Waals surface area contributed by atoms with Crippen LogP contribution in [0, 0.1) is 0 Å². The Morgan fingerprint density at radius 1 is 0.446 bits per heavy atom. The Balaban J connectivity index is 1.60. The van der Waals surface area contributed by atoms with Gasteiger partial charge in [0.15, 0.2) is 12.6 Å². The van der Waals surface area contributed by atoms with Gasteiger partial charge in [-0.25, -0.2) is 0 Å². The lowest BCUT2D eigenvalue weighted by Gasteiger charge is -2.46. The summed E-state index contributed by atoms with van der Waals surface area (Å²) < 4.78 is 22.7. The fraction of sp³-hybridized carbons (Fsp3) is 0.725. The van der Waals surface area contributed by atoms with Gasteiger partial charge in [-0.3, -0.25) is 4.79 Å². The number of aliphatic hydroxyl groups excluding tert-OH is 8. The molecule has 0 aliphatic carbocycles. The van der Waals surface area contributed by atoms with Crippen molar-refractivity contribution in [1.29, 1.82) is 0 Å². The van der Waals surface area contributed by atoms with E-state index < -0.39 is 86.8 Å². The maximum absolute atomic E-state index is 13.3. The minimum Gasteiger partial charge on any atom is -0.394 e. The lowest BCUT2D eigenvalue weighted by atomic mass is 9.97. The lowest BCUT2D eigenvalue weighted by molar-refractivity contribution is -0.359. The van der Waals surface area contributed by atoms with E-state index in [4.69, 9.17) is 18.9 Å². The third-order valence-corrected chi connectivity index (χ3v) is 15.2. The Bertz CT molecular complexity index is 1810. The highest BCUT2D eigenvalue weighted by Crippen LogP contribution is 2.30. The van der Waals surface area contributed by atoms with Crippen LogP contribution in [0.1, 0.15) is 226 Å². The largest absolute Gasteiger partial charge is 0.394 e. The third-order valence-electron chi connectivity index (χ3n) is 15.2. The van der Waals surface area contributed by atoms with E-state index in [9.17, 15) is 45.6 Å². The number of carbonyl (C=O) groups is 1. The van der Waals surface area contributed by atoms with E-state index in [1.807, 2.05) is 6.08 Å². The second kappa shape index (κ2) is 52.9. The number of amides is 1. The number of nitrogens with one attached hydrogen (secondary N) is 1. The molecule has 1 amide bonds. The average Bonchev–Trinajstić information content (AvgIpc) is 3.58. The predicted molar refractivity (Wildman–Crippen MR) is 336 cm³/mol. The van der Waals surface area contributed by atoms with E-state index in [0.717, 1.165) is 83.5 Å². The van der Waals surface area contributed by atoms with Crippen LogP contribution in [-0.4, -0.2) is 140 Å². The molecule has 0 bridgehead atoms. The van der Waals surface area contributed by atoms with Gasteiger partial charge >= 0.3 is 0 Å². The number of rotatable bonds is 51. The molecule has 0 aromatic carbocycles. The second-order valence-electron chi connectivity index (χ2n) is 22.5. The molecular weight excluding hydrogens is 1050 g/mol. The molecular formula is C69H117NO13. The van der Waals surface area contributed by atoms with E-state index in [1.165, 1.54) is 109 Å². The number of carbonyl (C=O) groups excluding carboxylic acids is 1. The smallest absolute Gasteiger partial charge is 0.220 e. The molecule has 14 heteroatoms. The van der Waals surface area contributed by atoms with Crippen LogP contribution in [-0.2, 0) is 23.7 Å². The van der Waals surface area contributed by atoms with Gasteiger partial charge in [0, 0.05) is 6.42 Å². The van der Waals surface area contributed by atoms with Gasteiger partial charge < -0.3 is 65.1 Å². The number of allylic oxidation sites excluding steroid dienone is 17. The zero-order valence-corrected chi connectivity index (χ0v) is 51.4. The van der Waals surface area contributed by atoms with Gasteiger partial charge in [0.25, 0.3) is 0 Å². The average molecular weight is 1170 g/mol. The van der Waals surface area contributed by atoms with Crippen molar-refractivity contribution >= 4 is 5.91 Å². The van der Waals surface area contributed by atoms with Gasteiger partial charge in [-0.1, -0.05) is 239 Å². The van der Waals surface area contributed by atoms with Crippen LogP contribution in [0.5, 0.6) is 0 Å². The molecule has 12 unspecified atom stereocenters. The number of hydrogen-bond donors (Lipinski definition) is 9. The molecule has 0 radical (unpaired) electrons. The molecule has 476 valence electrons. The molecule has 0 saturated carbocycles. The quantitative estimate of drug-likeness (QED) is 0.0204. The summed E-state index contributed by atoms with van der Waals surface area (Å²) in [6.07, 6.45) is 58.8. The number of aliphatic hydroxyl groups is 8. The van der Waals surface area contributed by atoms with Crippen molar-refractivity contribution in [3.8, 4) is 0 Å². The molecule has 2 aliphatic heterocycles. The number of ether oxygens (including phenoxy) is 4. The van der Waals surface area contributed by atoms with Crippen LogP contribution in [0.2, 0.25) is 0 Å². The molecule has 2 aliphatic rings. The van der Waals surface area contributed by atoms with Gasteiger partial charge in [-0.05, 0) is 89.9 Å². The highest BCUT2D eigenvalue weighted by atomic mass is 16.7. The lowest BCUT2D eigenvalue weighted by Crippen LogP contribution is -2.65. The summed E-state index contributed by atoms with van der Waals surface area (Å²) in [5, 5.41) is 87.0. The standard InChI is InChI=1S/C69H117NO13/c1-3-5-7-9-11-13-15-17-18-19-20-21-22-23-24-25-26-27-28-29-30-31-32-33-34-35-36-37-38-39-40-41-43-45-47-49-51-53-61(74)70-57(58(73)52-50-48-46-44-42-16-14-12-10-8-6-4-2)56-80-68-66(79)64(77)67(60(55-72)82-68)83-69-65(78)63(76)62(75)59(54-71)81-69/h5,7,10-13,17-18,20-21,23-24,26-27,42,44,50,52,57-60,62-69,71-73,75-79H,3-4,6,8-9,14-16,19,22,25,28-41,43,45-49,51,53-56H2,1-2H3,(H,70,74)/b7-5-,12-10+,13-11-,18-17-,21-20-,24-23-,27-26-,44-42+,52-50+. The Kier molecular flexibility index (Phi) is 48.3. The third kappa shape index (κ3) is 37.7. The summed E-state index contributed by atoms with van der Waals surface area (Å²) in [5.41, 5.74) is 0. The molecule has 0 aromatic rings. The van der Waals surface area contributed by atoms with Crippen molar-refractivity contribution in [2.24, 2.45) is 0 Å². The van der Waals surface area contributed by atoms with Gasteiger partial charge in [0.2, 0.25) is 5.91 Å². The zero-order chi connectivity index (χ0) is 60.2. The Hall–Kier alpha value is -3.35. The molecule has 12 atom stereocenters. The van der Waals surface area contributed by atoms with Gasteiger partial charge in [-0.2, -0.15) is 0 Å². The number of unbranched alkanes of at least 4 members (excludes halogenated alkanes) is 22. The van der Waals surface area contributed by atoms with E-state index >= 15 is 0 Å². The summed E-state index contributed by atoms with van der Waals surface area (Å²) >= 11 is 0. The Morgan fingerprint density at radius 3 is 1.33 bits per heavy atom. The monoisotopic (exact) mass is 1170 g/mol. The highest BCUT2D eigenvalue weighted by molar-refractivity contribution is 5.76. The molecule has 2 heterocycles. The van der Waals surface area contributed by atoms with Crippen molar-refractivity contribution in [1.82, 2.24) is 5.32 Å². The van der Waals surface area contributed by atoms with Gasteiger partial charge in [0.1, 0.15) is 48.8 Å². The van der Waals surface area contributed by atoms with Crippen LogP contribution in [0.4, 0.5) is 0 Å². The molecule has 83 heavy (non-hydrogen) atoms. The van der Waals surface area contributed by atoms with Crippen molar-refractivity contribution in [3.63, 3.8) is 0 Å². The maximum atomic E-state index is 13.3. The summed E-state index contributed by atoms with van der Waals surface area (Å²) in [5.74, 6) is -0.257. The van der Waals surface area contributed by atoms with E-state index in [0.29, 0.717) is 12.8 Å². The first kappa shape index (κ1) is 75.7. The molecule has 14 nitrogen and oxygen atoms in total. The first-order valence-corrected chi connectivity index (χ1v) is 32.6. The van der Waals surface area contributed by atoms with Crippen LogP contribution in [0.3, 0.4) is 0 Å². The molecule has 9 N–H and O–H groups in total. The Morgan fingerprint density at radius 2 is 0.843 bits per heavy atom. The topological polar surface area (TPSA) is 228 Å². The summed E-state index contributed by atoms with van der Waals surface area (Å²) in [4.78, 5) is 13.3. The van der Waals surface area contributed by atoms with Crippen LogP contribution >= 0.6 is 0 Å². The fourth-order valence-corrected chi connectivity index (χ4v) is 9.96. The van der Waals surface area contributed by atoms with Crippen molar-refractivity contribution in [3.05, 3.63) is 109 Å². The number of hydrogen-bond acceptors (Lipinski definition) is 13. The normalized spacial score (nSPS) is 24.6. The van der Waals surface area contributed by atoms with Crippen LogP contribution in [0.25, 0.3) is 0 Å². The molecule has 2 fully saturated rings. The highest BCUT2D eigenvalue weighted by Gasteiger charge is 2.51. The first-order chi connectivity index (χ1) is 40.6. The van der Waals surface area contributed by atoms with E-state index in [1.54, 1.807) is 6.08 Å². The SMILES string of the molecule is CC/C=C\C/C=C\C/C=C\C/C=C\C/C=C\C/C=C\CCCCCCCCCCCCCCCCCCCCC(=O)NC(COC1OC(CO)C(OC2OC(CO)C(O)C(O)C2O)C(O)C1O)C(O)/C=C/CC/C=C/CC/C=C/CCCC. The van der Waals surface area contributed by atoms with Crippen molar-refractivity contribution < 1.29 is 64.6 Å². The molecule has 2 saturated heterocycles. The summed E-state index contributed by atoms with van der Waals surface area (Å²) in [6.45, 7) is 2.59. The molecule has 0 spiro atoms. The summed E-state index contributed by atoms with van der Waals surface area (Å²) in [7, 11) is 0.